The third kappa shape index (κ3) is 9.93. The summed E-state index contributed by atoms with van der Waals surface area (Å²) in [4.78, 5) is 13.0. The average molecular weight is 229 g/mol. The highest BCUT2D eigenvalue weighted by atomic mass is 16.1. The summed E-state index contributed by atoms with van der Waals surface area (Å²) in [6.45, 7) is 11.6. The summed E-state index contributed by atoms with van der Waals surface area (Å²) in [5.41, 5.74) is 5.35. The van der Waals surface area contributed by atoms with Gasteiger partial charge >= 0.3 is 0 Å². The van der Waals surface area contributed by atoms with Gasteiger partial charge in [-0.25, -0.2) is 0 Å². The van der Waals surface area contributed by atoms with Crippen LogP contribution in [0.3, 0.4) is 0 Å². The lowest BCUT2D eigenvalue weighted by Crippen LogP contribution is -2.43. The standard InChI is InChI=1S/C12H27N3O/c1-5-6-8-15(10-11(13)16)9-7-14-12(2,3)4/h14H,5-10H2,1-4H3,(H2,13,16). The Morgan fingerprint density at radius 2 is 1.94 bits per heavy atom. The summed E-state index contributed by atoms with van der Waals surface area (Å²) in [6.07, 6.45) is 2.25. The van der Waals surface area contributed by atoms with E-state index in [0.29, 0.717) is 6.54 Å². The molecule has 1 amide bonds. The largest absolute Gasteiger partial charge is 0.369 e. The molecular weight excluding hydrogens is 202 g/mol. The van der Waals surface area contributed by atoms with E-state index in [0.717, 1.165) is 32.5 Å². The third-order valence-corrected chi connectivity index (χ3v) is 2.29. The van der Waals surface area contributed by atoms with Gasteiger partial charge in [0.05, 0.1) is 6.54 Å². The fourth-order valence-electron chi connectivity index (χ4n) is 1.46. The average Bonchev–Trinajstić information content (AvgIpc) is 2.11. The molecule has 0 rings (SSSR count). The third-order valence-electron chi connectivity index (χ3n) is 2.29. The van der Waals surface area contributed by atoms with Crippen LogP contribution in [0.1, 0.15) is 40.5 Å². The van der Waals surface area contributed by atoms with Crippen molar-refractivity contribution < 1.29 is 4.79 Å². The predicted octanol–water partition coefficient (Wildman–Crippen LogP) is 0.962. The summed E-state index contributed by atoms with van der Waals surface area (Å²) >= 11 is 0. The molecular formula is C12H27N3O. The molecule has 0 spiro atoms. The molecule has 4 heteroatoms. The minimum absolute atomic E-state index is 0.128. The van der Waals surface area contributed by atoms with Gasteiger partial charge in [0.15, 0.2) is 0 Å². The SMILES string of the molecule is CCCCN(CCNC(C)(C)C)CC(N)=O. The highest BCUT2D eigenvalue weighted by Crippen LogP contribution is 1.99. The lowest BCUT2D eigenvalue weighted by molar-refractivity contribution is -0.119. The minimum atomic E-state index is -0.244. The van der Waals surface area contributed by atoms with E-state index in [1.807, 2.05) is 0 Å². The zero-order chi connectivity index (χ0) is 12.6. The number of rotatable bonds is 8. The van der Waals surface area contributed by atoms with E-state index in [1.165, 1.54) is 0 Å². The maximum absolute atomic E-state index is 10.9. The Morgan fingerprint density at radius 1 is 1.31 bits per heavy atom. The van der Waals surface area contributed by atoms with Crippen LogP contribution in [0.4, 0.5) is 0 Å². The minimum Gasteiger partial charge on any atom is -0.369 e. The summed E-state index contributed by atoms with van der Waals surface area (Å²) < 4.78 is 0. The number of hydrogen-bond acceptors (Lipinski definition) is 3. The summed E-state index contributed by atoms with van der Waals surface area (Å²) in [5, 5.41) is 3.41. The van der Waals surface area contributed by atoms with Crippen molar-refractivity contribution in [1.82, 2.24) is 10.2 Å². The van der Waals surface area contributed by atoms with Gasteiger partial charge in [0, 0.05) is 18.6 Å². The van der Waals surface area contributed by atoms with Crippen molar-refractivity contribution in [2.24, 2.45) is 5.73 Å². The maximum atomic E-state index is 10.9. The normalized spacial score (nSPS) is 12.1. The number of nitrogens with one attached hydrogen (secondary N) is 1. The molecule has 3 N–H and O–H groups in total. The van der Waals surface area contributed by atoms with Gasteiger partial charge in [0.2, 0.25) is 5.91 Å². The first-order chi connectivity index (χ1) is 7.35. The smallest absolute Gasteiger partial charge is 0.231 e. The molecule has 0 aromatic rings. The van der Waals surface area contributed by atoms with E-state index in [9.17, 15) is 4.79 Å². The van der Waals surface area contributed by atoms with Crippen LogP contribution in [-0.4, -0.2) is 42.5 Å². The second kappa shape index (κ2) is 7.63. The first-order valence-corrected chi connectivity index (χ1v) is 6.11. The number of nitrogens with two attached hydrogens (primary N) is 1. The van der Waals surface area contributed by atoms with Crippen molar-refractivity contribution in [2.75, 3.05) is 26.2 Å². The Kier molecular flexibility index (Phi) is 7.34. The predicted molar refractivity (Wildman–Crippen MR) is 68.3 cm³/mol. The molecule has 0 aliphatic carbocycles. The van der Waals surface area contributed by atoms with Crippen LogP contribution in [0, 0.1) is 0 Å². The molecule has 0 aliphatic rings. The van der Waals surface area contributed by atoms with E-state index in [-0.39, 0.29) is 11.4 Å². The van der Waals surface area contributed by atoms with Gasteiger partial charge in [-0.2, -0.15) is 0 Å². The van der Waals surface area contributed by atoms with Crippen LogP contribution in [0.25, 0.3) is 0 Å². The molecule has 0 aromatic carbocycles. The zero-order valence-corrected chi connectivity index (χ0v) is 11.2. The molecule has 0 radical (unpaired) electrons. The lowest BCUT2D eigenvalue weighted by atomic mass is 10.1. The van der Waals surface area contributed by atoms with Gasteiger partial charge < -0.3 is 11.1 Å². The molecule has 0 aromatic heterocycles. The van der Waals surface area contributed by atoms with Crippen LogP contribution in [0.5, 0.6) is 0 Å². The van der Waals surface area contributed by atoms with Crippen molar-refractivity contribution in [2.45, 2.75) is 46.1 Å². The van der Waals surface area contributed by atoms with Gasteiger partial charge in [-0.05, 0) is 33.7 Å². The van der Waals surface area contributed by atoms with Crippen molar-refractivity contribution in [3.63, 3.8) is 0 Å². The van der Waals surface area contributed by atoms with Crippen LogP contribution >= 0.6 is 0 Å². The van der Waals surface area contributed by atoms with Crippen LogP contribution in [-0.2, 0) is 4.79 Å². The maximum Gasteiger partial charge on any atom is 0.231 e. The molecule has 0 bridgehead atoms. The molecule has 0 fully saturated rings. The number of unbranched alkanes of at least 4 members (excludes halogenated alkanes) is 1. The number of carbonyl (C=O) groups excluding carboxylic acids is 1. The molecule has 0 unspecified atom stereocenters. The fourth-order valence-corrected chi connectivity index (χ4v) is 1.46. The zero-order valence-electron chi connectivity index (χ0n) is 11.2. The molecule has 0 atom stereocenters. The fraction of sp³-hybridized carbons (Fsp3) is 0.917. The van der Waals surface area contributed by atoms with Crippen molar-refractivity contribution in [3.8, 4) is 0 Å². The van der Waals surface area contributed by atoms with Crippen molar-refractivity contribution in [1.29, 1.82) is 0 Å². The van der Waals surface area contributed by atoms with Crippen molar-refractivity contribution in [3.05, 3.63) is 0 Å². The van der Waals surface area contributed by atoms with E-state index < -0.39 is 0 Å². The van der Waals surface area contributed by atoms with E-state index in [2.05, 4.69) is 37.9 Å². The summed E-state index contributed by atoms with van der Waals surface area (Å²) in [5.74, 6) is -0.244. The monoisotopic (exact) mass is 229 g/mol. The molecule has 0 saturated carbocycles. The Balaban J connectivity index is 3.86. The second-order valence-corrected chi connectivity index (χ2v) is 5.27. The summed E-state index contributed by atoms with van der Waals surface area (Å²) in [6, 6.07) is 0. The number of nitrogens with zero attached hydrogens (tertiary/aromatic N) is 1. The molecule has 16 heavy (non-hydrogen) atoms. The van der Waals surface area contributed by atoms with Crippen LogP contribution in [0.2, 0.25) is 0 Å². The summed E-state index contributed by atoms with van der Waals surface area (Å²) in [7, 11) is 0. The molecule has 96 valence electrons. The van der Waals surface area contributed by atoms with Gasteiger partial charge in [-0.1, -0.05) is 13.3 Å². The quantitative estimate of drug-likeness (QED) is 0.652. The van der Waals surface area contributed by atoms with Gasteiger partial charge in [0.25, 0.3) is 0 Å². The van der Waals surface area contributed by atoms with E-state index in [1.54, 1.807) is 0 Å². The molecule has 4 nitrogen and oxygen atoms in total. The highest BCUT2D eigenvalue weighted by Gasteiger charge is 2.11. The van der Waals surface area contributed by atoms with Crippen LogP contribution < -0.4 is 11.1 Å². The van der Waals surface area contributed by atoms with Gasteiger partial charge in [-0.3, -0.25) is 9.69 Å². The molecule has 0 saturated heterocycles. The van der Waals surface area contributed by atoms with Gasteiger partial charge in [0.1, 0.15) is 0 Å². The Morgan fingerprint density at radius 3 is 2.38 bits per heavy atom. The topological polar surface area (TPSA) is 58.4 Å². The molecule has 0 heterocycles. The van der Waals surface area contributed by atoms with Crippen molar-refractivity contribution >= 4 is 5.91 Å². The Labute approximate surface area is 99.6 Å². The first-order valence-electron chi connectivity index (χ1n) is 6.11. The van der Waals surface area contributed by atoms with E-state index >= 15 is 0 Å². The van der Waals surface area contributed by atoms with E-state index in [4.69, 9.17) is 5.73 Å². The lowest BCUT2D eigenvalue weighted by Gasteiger charge is -2.25. The number of amides is 1. The van der Waals surface area contributed by atoms with Crippen LogP contribution in [0.15, 0.2) is 0 Å². The molecule has 0 aliphatic heterocycles. The van der Waals surface area contributed by atoms with Gasteiger partial charge in [-0.15, -0.1) is 0 Å². The Bertz CT molecular complexity index is 199. The first kappa shape index (κ1) is 15.4. The highest BCUT2D eigenvalue weighted by molar-refractivity contribution is 5.75. The second-order valence-electron chi connectivity index (χ2n) is 5.27. The number of primary amides is 1. The Hall–Kier alpha value is -0.610. The number of carbonyl (C=O) groups is 1. The number of hydrogen-bond donors (Lipinski definition) is 2.